The van der Waals surface area contributed by atoms with Gasteiger partial charge >= 0.3 is 18.3 Å². The van der Waals surface area contributed by atoms with Crippen LogP contribution in [0.5, 0.6) is 11.5 Å². The van der Waals surface area contributed by atoms with E-state index >= 15 is 0 Å². The molecule has 2 atom stereocenters. The van der Waals surface area contributed by atoms with Gasteiger partial charge in [0.05, 0.1) is 29.1 Å². The number of rotatable bonds is 13. The third-order valence-corrected chi connectivity index (χ3v) is 11.8. The molecule has 1 saturated heterocycles. The largest absolute Gasteiger partial charge is 0.507 e. The Morgan fingerprint density at radius 3 is 2.07 bits per heavy atom. The first-order valence-electron chi connectivity index (χ1n) is 19.7. The summed E-state index contributed by atoms with van der Waals surface area (Å²) in [5.74, 6) is -0.799. The van der Waals surface area contributed by atoms with Crippen LogP contribution in [-0.2, 0) is 32.3 Å². The summed E-state index contributed by atoms with van der Waals surface area (Å²) in [7, 11) is 0. The lowest BCUT2D eigenvalue weighted by Crippen LogP contribution is -2.52. The predicted molar refractivity (Wildman–Crippen MR) is 211 cm³/mol. The molecule has 1 saturated carbocycles. The monoisotopic (exact) mass is 859 g/mol. The van der Waals surface area contributed by atoms with Crippen LogP contribution in [0.1, 0.15) is 108 Å². The third kappa shape index (κ3) is 13.8. The Morgan fingerprint density at radius 1 is 0.966 bits per heavy atom. The van der Waals surface area contributed by atoms with Gasteiger partial charge in [-0.1, -0.05) is 58.2 Å². The maximum atomic E-state index is 13.5. The highest BCUT2D eigenvalue weighted by molar-refractivity contribution is 7.10. The fourth-order valence-electron chi connectivity index (χ4n) is 7.55. The van der Waals surface area contributed by atoms with E-state index in [0.717, 1.165) is 49.7 Å². The van der Waals surface area contributed by atoms with Crippen molar-refractivity contribution in [3.05, 3.63) is 76.2 Å². The molecule has 10 nitrogen and oxygen atoms in total. The van der Waals surface area contributed by atoms with Crippen molar-refractivity contribution in [3.63, 3.8) is 0 Å². The molecule has 0 bridgehead atoms. The number of hydrogen-bond acceptors (Lipinski definition) is 8. The Morgan fingerprint density at radius 2 is 1.61 bits per heavy atom. The molecule has 0 spiro atoms. The van der Waals surface area contributed by atoms with E-state index in [1.807, 2.05) is 47.9 Å². The number of piperidine rings is 1. The molecule has 5 rings (SSSR count). The van der Waals surface area contributed by atoms with E-state index in [0.29, 0.717) is 80.5 Å². The molecular weight excluding hydrogens is 805 g/mol. The number of benzene rings is 1. The Hall–Kier alpha value is -4.38. The second-order valence-electron chi connectivity index (χ2n) is 15.0. The lowest BCUT2D eigenvalue weighted by molar-refractivity contribution is -0.149. The summed E-state index contributed by atoms with van der Waals surface area (Å²) >= 11 is 0.481. The fraction of sp³-hybridized carbons (Fsp3) is 0.571. The van der Waals surface area contributed by atoms with Crippen molar-refractivity contribution in [2.45, 2.75) is 116 Å². The first kappa shape index (κ1) is 49.0. The first-order chi connectivity index (χ1) is 27.7. The van der Waals surface area contributed by atoms with Crippen LogP contribution in [0.3, 0.4) is 0 Å². The average molecular weight is 860 g/mol. The number of halogens is 6. The van der Waals surface area contributed by atoms with Crippen LogP contribution in [-0.4, -0.2) is 80.2 Å². The number of aliphatic hydroxyl groups is 1. The van der Waals surface area contributed by atoms with Crippen LogP contribution in [0, 0.1) is 11.3 Å². The van der Waals surface area contributed by atoms with Crippen molar-refractivity contribution in [3.8, 4) is 11.5 Å². The molecule has 3 heterocycles. The minimum absolute atomic E-state index is 0.00165. The summed E-state index contributed by atoms with van der Waals surface area (Å²) in [5, 5.41) is 31.0. The van der Waals surface area contributed by atoms with Crippen LogP contribution >= 0.6 is 11.3 Å². The summed E-state index contributed by atoms with van der Waals surface area (Å²) in [6, 6.07) is 10.2. The van der Waals surface area contributed by atoms with E-state index in [1.54, 1.807) is 6.92 Å². The molecule has 59 heavy (non-hydrogen) atoms. The highest BCUT2D eigenvalue weighted by Crippen LogP contribution is 2.43. The number of para-hydroxylation sites is 1. The van der Waals surface area contributed by atoms with E-state index in [-0.39, 0.29) is 36.1 Å². The number of carboxylic acid groups (broad SMARTS) is 1. The van der Waals surface area contributed by atoms with Crippen molar-refractivity contribution in [2.75, 3.05) is 26.2 Å². The number of likely N-dealkylation sites (tertiary alicyclic amines) is 1. The Labute approximate surface area is 345 Å². The summed E-state index contributed by atoms with van der Waals surface area (Å²) in [6.45, 7) is 9.37. The Balaban J connectivity index is 0.000000375. The molecule has 2 fully saturated rings. The molecule has 3 aromatic rings. The number of aromatic nitrogens is 1. The van der Waals surface area contributed by atoms with Gasteiger partial charge in [0.25, 0.3) is 0 Å². The highest BCUT2D eigenvalue weighted by Gasteiger charge is 2.42. The topological polar surface area (TPSA) is 140 Å². The van der Waals surface area contributed by atoms with E-state index in [9.17, 15) is 50.9 Å². The van der Waals surface area contributed by atoms with Crippen LogP contribution < -0.4 is 4.74 Å². The lowest BCUT2D eigenvalue weighted by Gasteiger charge is -2.42. The highest BCUT2D eigenvalue weighted by atomic mass is 32.1. The molecular formula is C42H55F6N3O7S. The molecule has 3 N–H and O–H groups in total. The average Bonchev–Trinajstić information content (AvgIpc) is 3.87. The molecule has 1 aliphatic heterocycles. The Kier molecular flexibility index (Phi) is 18.1. The number of nitrogens with zero attached hydrogens (tertiary/aromatic N) is 3. The number of carbonyl (C=O) groups excluding carboxylic acids is 2. The summed E-state index contributed by atoms with van der Waals surface area (Å²) < 4.78 is 76.4. The lowest BCUT2D eigenvalue weighted by atomic mass is 9.82. The van der Waals surface area contributed by atoms with Crippen LogP contribution in [0.2, 0.25) is 0 Å². The van der Waals surface area contributed by atoms with Gasteiger partial charge in [-0.2, -0.15) is 26.3 Å². The molecule has 1 aliphatic carbocycles. The molecule has 17 heteroatoms. The van der Waals surface area contributed by atoms with Gasteiger partial charge in [0, 0.05) is 62.0 Å². The van der Waals surface area contributed by atoms with Gasteiger partial charge in [-0.05, 0) is 63.1 Å². The zero-order valence-electron chi connectivity index (χ0n) is 33.8. The molecule has 0 radical (unpaired) electrons. The van der Waals surface area contributed by atoms with Gasteiger partial charge in [-0.25, -0.2) is 0 Å². The number of carboxylic acids is 1. The van der Waals surface area contributed by atoms with Crippen molar-refractivity contribution in [1.29, 1.82) is 0 Å². The molecule has 2 aliphatic rings. The number of pyridine rings is 1. The fourth-order valence-corrected chi connectivity index (χ4v) is 8.19. The number of hydrogen-bond donors (Lipinski definition) is 3. The minimum Gasteiger partial charge on any atom is -0.507 e. The maximum Gasteiger partial charge on any atom is 0.425 e. The third-order valence-electron chi connectivity index (χ3n) is 10.8. The predicted octanol–water partition coefficient (Wildman–Crippen LogP) is 9.55. The van der Waals surface area contributed by atoms with Crippen molar-refractivity contribution in [2.24, 2.45) is 11.3 Å². The smallest absolute Gasteiger partial charge is 0.425 e. The van der Waals surface area contributed by atoms with Gasteiger partial charge in [0.2, 0.25) is 11.8 Å². The number of carbonyl (C=O) groups is 3. The van der Waals surface area contributed by atoms with Crippen molar-refractivity contribution < 1.29 is 60.8 Å². The molecule has 1 aromatic carbocycles. The number of alkyl halides is 6. The van der Waals surface area contributed by atoms with Gasteiger partial charge in [-0.3, -0.25) is 19.4 Å². The van der Waals surface area contributed by atoms with Gasteiger partial charge < -0.3 is 29.9 Å². The summed E-state index contributed by atoms with van der Waals surface area (Å²) in [5.41, 5.74) is -1.87. The number of thiophene rings is 1. The summed E-state index contributed by atoms with van der Waals surface area (Å²) in [4.78, 5) is 44.0. The number of amides is 2. The van der Waals surface area contributed by atoms with E-state index in [4.69, 9.17) is 9.84 Å². The first-order valence-corrected chi connectivity index (χ1v) is 20.6. The zero-order chi connectivity index (χ0) is 44.0. The second kappa shape index (κ2) is 21.7. The van der Waals surface area contributed by atoms with Crippen molar-refractivity contribution in [1.82, 2.24) is 14.8 Å². The zero-order valence-corrected chi connectivity index (χ0v) is 34.6. The van der Waals surface area contributed by atoms with Crippen LogP contribution in [0.4, 0.5) is 26.3 Å². The van der Waals surface area contributed by atoms with Gasteiger partial charge in [0.15, 0.2) is 0 Å². The summed E-state index contributed by atoms with van der Waals surface area (Å²) in [6.07, 6.45) is 0.446. The number of aliphatic carboxylic acids is 1. The van der Waals surface area contributed by atoms with Crippen LogP contribution in [0.15, 0.2) is 60.2 Å². The second-order valence-corrected chi connectivity index (χ2v) is 15.9. The minimum atomic E-state index is -4.33. The Bertz CT molecular complexity index is 1780. The maximum absolute atomic E-state index is 13.5. The van der Waals surface area contributed by atoms with Gasteiger partial charge in [0.1, 0.15) is 16.4 Å². The van der Waals surface area contributed by atoms with Gasteiger partial charge in [-0.15, -0.1) is 11.3 Å². The standard InChI is InChI=1S/C31H48N2O6.C6H4F3N.C5H3F3OS/c1-5-11-26(33(19-6-2)24(4)34)23(3)28(35)32-20-16-31(38,17-21-32)25-12-7-8-13-27(25)39-22-18-30(29(36)37)14-9-10-15-30;7-6(8,9)5-2-1-3-10-4-5;6-5(7,8)4-1-3(9)2-10-4/h7-8,12-13,23,26,38H,5-6,9-11,14-22H2,1-4H3,(H,36,37);1-4H;1-2,9H. The normalized spacial score (nSPS) is 17.0. The molecule has 2 amide bonds. The molecule has 2 unspecified atom stereocenters. The number of aromatic hydroxyl groups is 1. The molecule has 328 valence electrons. The number of ether oxygens (including phenoxy) is 1. The molecule has 2 aromatic heterocycles. The van der Waals surface area contributed by atoms with E-state index < -0.39 is 39.8 Å². The quantitative estimate of drug-likeness (QED) is 0.145. The van der Waals surface area contributed by atoms with Crippen molar-refractivity contribution >= 4 is 29.1 Å². The van der Waals surface area contributed by atoms with E-state index in [1.165, 1.54) is 12.3 Å². The SMILES string of the molecule is CCCC(C(C)C(=O)N1CCC(O)(c2ccccc2OCCC2(C(=O)O)CCCC2)CC1)N(CCC)C(C)=O.FC(F)(F)c1cccnc1.Oc1csc(C(F)(F)F)c1. The van der Waals surface area contributed by atoms with Crippen LogP contribution in [0.25, 0.3) is 0 Å². The van der Waals surface area contributed by atoms with E-state index in [2.05, 4.69) is 11.9 Å².